The van der Waals surface area contributed by atoms with E-state index >= 15 is 0 Å². The van der Waals surface area contributed by atoms with Crippen molar-refractivity contribution in [2.24, 2.45) is 0 Å². The molecule has 1 aliphatic rings. The summed E-state index contributed by atoms with van der Waals surface area (Å²) in [6.45, 7) is 0.233. The highest BCUT2D eigenvalue weighted by Gasteiger charge is 2.26. The smallest absolute Gasteiger partial charge is 0.247 e. The number of benzene rings is 2. The average Bonchev–Trinajstić information content (AvgIpc) is 3.18. The van der Waals surface area contributed by atoms with Crippen LogP contribution in [0.1, 0.15) is 5.89 Å². The molecule has 3 aromatic rings. The SMILES string of the molecule is COc1ccc(-c2noc(CN3C(=O)CSc4ccccc43)n2)cc1OC. The molecule has 0 aliphatic carbocycles. The number of rotatable bonds is 5. The third-order valence-electron chi connectivity index (χ3n) is 4.21. The van der Waals surface area contributed by atoms with Crippen molar-refractivity contribution in [3.63, 3.8) is 0 Å². The molecule has 0 bridgehead atoms. The van der Waals surface area contributed by atoms with Crippen LogP contribution < -0.4 is 14.4 Å². The zero-order valence-corrected chi connectivity index (χ0v) is 15.7. The number of carbonyl (C=O) groups excluding carboxylic acids is 1. The molecule has 138 valence electrons. The van der Waals surface area contributed by atoms with Crippen LogP contribution in [0.2, 0.25) is 0 Å². The second-order valence-corrected chi connectivity index (χ2v) is 6.83. The molecule has 0 fully saturated rings. The lowest BCUT2D eigenvalue weighted by Crippen LogP contribution is -2.34. The van der Waals surface area contributed by atoms with Crippen molar-refractivity contribution in [2.45, 2.75) is 11.4 Å². The minimum atomic E-state index is 0.0181. The fourth-order valence-electron chi connectivity index (χ4n) is 2.87. The largest absolute Gasteiger partial charge is 0.493 e. The molecule has 1 amide bonds. The number of methoxy groups -OCH3 is 2. The van der Waals surface area contributed by atoms with Gasteiger partial charge < -0.3 is 18.9 Å². The number of amides is 1. The lowest BCUT2D eigenvalue weighted by Gasteiger charge is -2.27. The van der Waals surface area contributed by atoms with Gasteiger partial charge in [-0.25, -0.2) is 0 Å². The molecule has 0 spiro atoms. The van der Waals surface area contributed by atoms with Crippen molar-refractivity contribution in [3.05, 3.63) is 48.4 Å². The van der Waals surface area contributed by atoms with Gasteiger partial charge in [-0.15, -0.1) is 11.8 Å². The van der Waals surface area contributed by atoms with Crippen molar-refractivity contribution in [1.29, 1.82) is 0 Å². The maximum Gasteiger partial charge on any atom is 0.247 e. The number of anilines is 1. The standard InChI is InChI=1S/C19H17N3O4S/c1-24-14-8-7-12(9-15(14)25-2)19-20-17(26-21-19)10-22-13-5-3-4-6-16(13)27-11-18(22)23/h3-9H,10-11H2,1-2H3. The topological polar surface area (TPSA) is 77.7 Å². The normalized spacial score (nSPS) is 13.4. The molecule has 0 atom stereocenters. The molecular weight excluding hydrogens is 366 g/mol. The number of hydrogen-bond acceptors (Lipinski definition) is 7. The predicted octanol–water partition coefficient (Wildman–Crippen LogP) is 3.39. The molecule has 8 heteroatoms. The third kappa shape index (κ3) is 3.35. The van der Waals surface area contributed by atoms with Gasteiger partial charge in [0.05, 0.1) is 25.7 Å². The van der Waals surface area contributed by atoms with Gasteiger partial charge in [0.25, 0.3) is 0 Å². The van der Waals surface area contributed by atoms with Gasteiger partial charge in [-0.2, -0.15) is 4.98 Å². The molecule has 0 radical (unpaired) electrons. The van der Waals surface area contributed by atoms with Gasteiger partial charge in [-0.3, -0.25) is 4.79 Å². The Hall–Kier alpha value is -3.00. The van der Waals surface area contributed by atoms with Crippen LogP contribution in [0.3, 0.4) is 0 Å². The molecule has 4 rings (SSSR count). The van der Waals surface area contributed by atoms with Gasteiger partial charge in [0.2, 0.25) is 17.6 Å². The van der Waals surface area contributed by atoms with E-state index < -0.39 is 0 Å². The predicted molar refractivity (Wildman–Crippen MR) is 101 cm³/mol. The Bertz CT molecular complexity index is 989. The van der Waals surface area contributed by atoms with Crippen molar-refractivity contribution >= 4 is 23.4 Å². The zero-order valence-electron chi connectivity index (χ0n) is 14.8. The second kappa shape index (κ2) is 7.32. The van der Waals surface area contributed by atoms with Crippen LogP contribution in [0.25, 0.3) is 11.4 Å². The zero-order chi connectivity index (χ0) is 18.8. The molecular formula is C19H17N3O4S. The summed E-state index contributed by atoms with van der Waals surface area (Å²) in [6.07, 6.45) is 0. The second-order valence-electron chi connectivity index (χ2n) is 5.82. The number of carbonyl (C=O) groups is 1. The van der Waals surface area contributed by atoms with Crippen molar-refractivity contribution < 1.29 is 18.8 Å². The Kier molecular flexibility index (Phi) is 4.72. The molecule has 7 nitrogen and oxygen atoms in total. The van der Waals surface area contributed by atoms with E-state index in [1.807, 2.05) is 30.3 Å². The summed E-state index contributed by atoms with van der Waals surface area (Å²) in [6, 6.07) is 13.2. The van der Waals surface area contributed by atoms with Crippen molar-refractivity contribution in [3.8, 4) is 22.9 Å². The van der Waals surface area contributed by atoms with Gasteiger partial charge in [-0.05, 0) is 30.3 Å². The first-order chi connectivity index (χ1) is 13.2. The summed E-state index contributed by atoms with van der Waals surface area (Å²) in [5.74, 6) is 2.42. The summed E-state index contributed by atoms with van der Waals surface area (Å²) in [4.78, 5) is 19.6. The average molecular weight is 383 g/mol. The Morgan fingerprint density at radius 3 is 2.78 bits per heavy atom. The van der Waals surface area contributed by atoms with Crippen LogP contribution in [0.4, 0.5) is 5.69 Å². The number of fused-ring (bicyclic) bond motifs is 1. The fourth-order valence-corrected chi connectivity index (χ4v) is 3.81. The van der Waals surface area contributed by atoms with E-state index in [1.165, 1.54) is 11.8 Å². The number of thioether (sulfide) groups is 1. The summed E-state index contributed by atoms with van der Waals surface area (Å²) in [7, 11) is 3.15. The lowest BCUT2D eigenvalue weighted by atomic mass is 10.2. The fraction of sp³-hybridized carbons (Fsp3) is 0.211. The van der Waals surface area contributed by atoms with E-state index in [2.05, 4.69) is 10.1 Å². The van der Waals surface area contributed by atoms with Crippen LogP contribution in [0.15, 0.2) is 51.9 Å². The van der Waals surface area contributed by atoms with E-state index in [4.69, 9.17) is 14.0 Å². The first-order valence-corrected chi connectivity index (χ1v) is 9.25. The Morgan fingerprint density at radius 2 is 1.96 bits per heavy atom. The van der Waals surface area contributed by atoms with Gasteiger partial charge in [0.1, 0.15) is 6.54 Å². The molecule has 2 aromatic carbocycles. The number of nitrogens with zero attached hydrogens (tertiary/aromatic N) is 3. The lowest BCUT2D eigenvalue weighted by molar-refractivity contribution is -0.116. The number of hydrogen-bond donors (Lipinski definition) is 0. The maximum atomic E-state index is 12.4. The molecule has 1 aromatic heterocycles. The highest BCUT2D eigenvalue weighted by Crippen LogP contribution is 2.36. The molecule has 0 unspecified atom stereocenters. The van der Waals surface area contributed by atoms with Crippen LogP contribution in [-0.2, 0) is 11.3 Å². The monoisotopic (exact) mass is 383 g/mol. The molecule has 0 saturated carbocycles. The Labute approximate surface area is 160 Å². The van der Waals surface area contributed by atoms with Gasteiger partial charge in [0.15, 0.2) is 11.5 Å². The van der Waals surface area contributed by atoms with Crippen LogP contribution in [0.5, 0.6) is 11.5 Å². The summed E-state index contributed by atoms with van der Waals surface area (Å²) in [5, 5.41) is 4.04. The Balaban J connectivity index is 1.60. The van der Waals surface area contributed by atoms with Crippen molar-refractivity contribution in [1.82, 2.24) is 10.1 Å². The van der Waals surface area contributed by atoms with Gasteiger partial charge in [-0.1, -0.05) is 17.3 Å². The van der Waals surface area contributed by atoms with Crippen LogP contribution in [0, 0.1) is 0 Å². The molecule has 2 heterocycles. The third-order valence-corrected chi connectivity index (χ3v) is 5.26. The molecule has 1 aliphatic heterocycles. The minimum absolute atomic E-state index is 0.0181. The van der Waals surface area contributed by atoms with E-state index in [0.717, 1.165) is 16.1 Å². The quantitative estimate of drug-likeness (QED) is 0.668. The van der Waals surface area contributed by atoms with E-state index in [-0.39, 0.29) is 12.5 Å². The maximum absolute atomic E-state index is 12.4. The van der Waals surface area contributed by atoms with E-state index in [1.54, 1.807) is 31.3 Å². The summed E-state index contributed by atoms with van der Waals surface area (Å²) < 4.78 is 15.9. The van der Waals surface area contributed by atoms with Crippen molar-refractivity contribution in [2.75, 3.05) is 24.9 Å². The highest BCUT2D eigenvalue weighted by molar-refractivity contribution is 8.00. The van der Waals surface area contributed by atoms with E-state index in [9.17, 15) is 4.79 Å². The van der Waals surface area contributed by atoms with E-state index in [0.29, 0.717) is 29.0 Å². The Morgan fingerprint density at radius 1 is 1.15 bits per heavy atom. The summed E-state index contributed by atoms with van der Waals surface area (Å²) >= 11 is 1.54. The number of para-hydroxylation sites is 1. The minimum Gasteiger partial charge on any atom is -0.493 e. The summed E-state index contributed by atoms with van der Waals surface area (Å²) in [5.41, 5.74) is 1.60. The number of aromatic nitrogens is 2. The van der Waals surface area contributed by atoms with Gasteiger partial charge >= 0.3 is 0 Å². The first-order valence-electron chi connectivity index (χ1n) is 8.27. The van der Waals surface area contributed by atoms with Crippen LogP contribution in [-0.4, -0.2) is 36.0 Å². The number of ether oxygens (including phenoxy) is 2. The molecule has 0 N–H and O–H groups in total. The molecule has 27 heavy (non-hydrogen) atoms. The first kappa shape index (κ1) is 17.4. The molecule has 0 saturated heterocycles. The highest BCUT2D eigenvalue weighted by atomic mass is 32.2. The van der Waals surface area contributed by atoms with Crippen LogP contribution >= 0.6 is 11.8 Å². The van der Waals surface area contributed by atoms with Gasteiger partial charge in [0, 0.05) is 10.5 Å².